The van der Waals surface area contributed by atoms with Gasteiger partial charge in [-0.15, -0.1) is 0 Å². The highest BCUT2D eigenvalue weighted by molar-refractivity contribution is 5.95. The van der Waals surface area contributed by atoms with Crippen LogP contribution in [-0.4, -0.2) is 25.6 Å². The smallest absolute Gasteiger partial charge is 0.259 e. The summed E-state index contributed by atoms with van der Waals surface area (Å²) in [4.78, 5) is 34.4. The van der Waals surface area contributed by atoms with E-state index >= 15 is 0 Å². The average molecular weight is 451 g/mol. The van der Waals surface area contributed by atoms with Crippen molar-refractivity contribution in [2.45, 2.75) is 19.9 Å². The van der Waals surface area contributed by atoms with Crippen LogP contribution in [0.2, 0.25) is 0 Å². The minimum Gasteiger partial charge on any atom is -0.334 e. The zero-order chi connectivity index (χ0) is 23.5. The van der Waals surface area contributed by atoms with Gasteiger partial charge in [-0.05, 0) is 36.2 Å². The van der Waals surface area contributed by atoms with Gasteiger partial charge in [0.2, 0.25) is 11.7 Å². The summed E-state index contributed by atoms with van der Waals surface area (Å²) in [5.74, 6) is 0.354. The zero-order valence-electron chi connectivity index (χ0n) is 18.4. The molecule has 168 valence electrons. The largest absolute Gasteiger partial charge is 0.334 e. The Balaban J connectivity index is 1.51. The molecule has 0 saturated carbocycles. The Labute approximate surface area is 194 Å². The molecule has 0 aliphatic heterocycles. The third kappa shape index (κ3) is 4.09. The van der Waals surface area contributed by atoms with E-state index in [1.54, 1.807) is 30.6 Å². The van der Waals surface area contributed by atoms with Gasteiger partial charge in [-0.2, -0.15) is 4.98 Å². The fourth-order valence-corrected chi connectivity index (χ4v) is 3.91. The summed E-state index contributed by atoms with van der Waals surface area (Å²) < 4.78 is 6.93. The Hall–Kier alpha value is -4.59. The van der Waals surface area contributed by atoms with Crippen LogP contribution in [0, 0.1) is 0 Å². The maximum Gasteiger partial charge on any atom is 0.259 e. The molecule has 0 radical (unpaired) electrons. The van der Waals surface area contributed by atoms with Crippen LogP contribution in [0.1, 0.15) is 12.5 Å². The van der Waals surface area contributed by atoms with Crippen molar-refractivity contribution in [3.05, 3.63) is 95.0 Å². The number of anilines is 1. The van der Waals surface area contributed by atoms with Gasteiger partial charge in [0, 0.05) is 35.1 Å². The molecule has 2 aromatic carbocycles. The summed E-state index contributed by atoms with van der Waals surface area (Å²) in [6.45, 7) is 1.91. The fourth-order valence-electron chi connectivity index (χ4n) is 3.91. The van der Waals surface area contributed by atoms with E-state index in [1.165, 1.54) is 10.6 Å². The lowest BCUT2D eigenvalue weighted by molar-refractivity contribution is -0.116. The zero-order valence-corrected chi connectivity index (χ0v) is 18.4. The summed E-state index contributed by atoms with van der Waals surface area (Å²) >= 11 is 0. The lowest BCUT2D eigenvalue weighted by Crippen LogP contribution is -2.28. The molecule has 8 nitrogen and oxygen atoms in total. The number of nitrogens with zero attached hydrogens (tertiary/aromatic N) is 4. The predicted molar refractivity (Wildman–Crippen MR) is 129 cm³/mol. The molecule has 5 aromatic rings. The fraction of sp³-hybridized carbons (Fsp3) is 0.115. The Bertz CT molecular complexity index is 1540. The number of aryl methyl sites for hydroxylation is 1. The normalized spacial score (nSPS) is 11.0. The number of nitrogens with one attached hydrogen (secondary N) is 1. The number of aromatic nitrogens is 4. The maximum atomic E-state index is 13.1. The number of pyridine rings is 2. The number of para-hydroxylation sites is 2. The van der Waals surface area contributed by atoms with E-state index in [4.69, 9.17) is 4.52 Å². The number of carbonyl (C=O) groups excluding carboxylic acids is 1. The monoisotopic (exact) mass is 451 g/mol. The molecule has 3 aromatic heterocycles. The number of rotatable bonds is 6. The van der Waals surface area contributed by atoms with Crippen LogP contribution in [0.15, 0.2) is 88.4 Å². The Morgan fingerprint density at radius 3 is 2.62 bits per heavy atom. The second kappa shape index (κ2) is 9.11. The van der Waals surface area contributed by atoms with Gasteiger partial charge in [-0.25, -0.2) is 0 Å². The molecule has 3 heterocycles. The minimum absolute atomic E-state index is 0.121. The quantitative estimate of drug-likeness (QED) is 0.413. The van der Waals surface area contributed by atoms with E-state index in [0.29, 0.717) is 16.9 Å². The van der Waals surface area contributed by atoms with Crippen LogP contribution < -0.4 is 10.9 Å². The molecule has 0 spiro atoms. The molecular formula is C26H21N5O3. The number of fused-ring (bicyclic) bond motifs is 1. The summed E-state index contributed by atoms with van der Waals surface area (Å²) in [5, 5.41) is 7.70. The highest BCUT2D eigenvalue weighted by atomic mass is 16.5. The summed E-state index contributed by atoms with van der Waals surface area (Å²) in [7, 11) is 0. The first-order valence-corrected chi connectivity index (χ1v) is 10.9. The SMILES string of the molecule is CCc1ccccc1NC(=O)Cn1c(=O)cc(-c2nc(-c3ccncc3)no2)c2ccccc21. The topological polar surface area (TPSA) is 103 Å². The van der Waals surface area contributed by atoms with Gasteiger partial charge in [0.1, 0.15) is 6.54 Å². The van der Waals surface area contributed by atoms with Crippen molar-refractivity contribution in [2.75, 3.05) is 5.32 Å². The first kappa shape index (κ1) is 21.3. The molecule has 0 bridgehead atoms. The maximum absolute atomic E-state index is 13.1. The summed E-state index contributed by atoms with van der Waals surface area (Å²) in [6, 6.07) is 20.0. The van der Waals surface area contributed by atoms with Crippen molar-refractivity contribution in [2.24, 2.45) is 0 Å². The van der Waals surface area contributed by atoms with E-state index in [1.807, 2.05) is 49.4 Å². The van der Waals surface area contributed by atoms with Crippen LogP contribution in [0.5, 0.6) is 0 Å². The molecule has 0 unspecified atom stereocenters. The van der Waals surface area contributed by atoms with E-state index in [0.717, 1.165) is 28.6 Å². The third-order valence-electron chi connectivity index (χ3n) is 5.59. The highest BCUT2D eigenvalue weighted by Crippen LogP contribution is 2.28. The van der Waals surface area contributed by atoms with Crippen molar-refractivity contribution in [1.29, 1.82) is 0 Å². The van der Waals surface area contributed by atoms with E-state index in [2.05, 4.69) is 20.4 Å². The number of hydrogen-bond acceptors (Lipinski definition) is 6. The number of amides is 1. The molecule has 0 aliphatic rings. The molecule has 0 atom stereocenters. The van der Waals surface area contributed by atoms with Crippen LogP contribution in [0.4, 0.5) is 5.69 Å². The summed E-state index contributed by atoms with van der Waals surface area (Å²) in [5.41, 5.74) is 3.32. The number of hydrogen-bond donors (Lipinski definition) is 1. The van der Waals surface area contributed by atoms with Crippen molar-refractivity contribution in [3.8, 4) is 22.8 Å². The molecule has 0 aliphatic carbocycles. The van der Waals surface area contributed by atoms with Crippen molar-refractivity contribution < 1.29 is 9.32 Å². The van der Waals surface area contributed by atoms with Gasteiger partial charge >= 0.3 is 0 Å². The molecule has 1 N–H and O–H groups in total. The predicted octanol–water partition coefficient (Wildman–Crippen LogP) is 4.31. The van der Waals surface area contributed by atoms with E-state index < -0.39 is 0 Å². The van der Waals surface area contributed by atoms with Gasteiger partial charge in [0.05, 0.1) is 11.1 Å². The third-order valence-corrected chi connectivity index (χ3v) is 5.59. The van der Waals surface area contributed by atoms with Gasteiger partial charge in [0.15, 0.2) is 0 Å². The van der Waals surface area contributed by atoms with Gasteiger partial charge in [0.25, 0.3) is 11.4 Å². The lowest BCUT2D eigenvalue weighted by atomic mass is 10.1. The van der Waals surface area contributed by atoms with Crippen molar-refractivity contribution >= 4 is 22.5 Å². The molecule has 1 amide bonds. The second-order valence-corrected chi connectivity index (χ2v) is 7.72. The lowest BCUT2D eigenvalue weighted by Gasteiger charge is -2.13. The molecule has 0 saturated heterocycles. The van der Waals surface area contributed by atoms with Gasteiger partial charge < -0.3 is 9.84 Å². The van der Waals surface area contributed by atoms with Crippen LogP contribution >= 0.6 is 0 Å². The van der Waals surface area contributed by atoms with Crippen LogP contribution in [0.3, 0.4) is 0 Å². The second-order valence-electron chi connectivity index (χ2n) is 7.72. The first-order valence-electron chi connectivity index (χ1n) is 10.9. The molecule has 0 fully saturated rings. The van der Waals surface area contributed by atoms with Gasteiger partial charge in [-0.3, -0.25) is 19.1 Å². The Morgan fingerprint density at radius 2 is 1.79 bits per heavy atom. The standard InChI is InChI=1S/C26H21N5O3/c1-2-17-7-3-5-9-21(17)28-23(32)16-31-22-10-6-4-8-19(22)20(15-24(31)33)26-29-25(30-34-26)18-11-13-27-14-12-18/h3-15H,2,16H2,1H3,(H,28,32). The minimum atomic E-state index is -0.337. The van der Waals surface area contributed by atoms with E-state index in [9.17, 15) is 9.59 Å². The Kier molecular flexibility index (Phi) is 5.70. The molecular weight excluding hydrogens is 430 g/mol. The molecule has 8 heteroatoms. The molecule has 34 heavy (non-hydrogen) atoms. The van der Waals surface area contributed by atoms with Gasteiger partial charge in [-0.1, -0.05) is 48.5 Å². The van der Waals surface area contributed by atoms with Crippen molar-refractivity contribution in [1.82, 2.24) is 19.7 Å². The molecule has 5 rings (SSSR count). The Morgan fingerprint density at radius 1 is 1.03 bits per heavy atom. The van der Waals surface area contributed by atoms with E-state index in [-0.39, 0.29) is 23.9 Å². The number of carbonyl (C=O) groups is 1. The first-order chi connectivity index (χ1) is 16.6. The van der Waals surface area contributed by atoms with Crippen molar-refractivity contribution in [3.63, 3.8) is 0 Å². The summed E-state index contributed by atoms with van der Waals surface area (Å²) in [6.07, 6.45) is 4.08. The average Bonchev–Trinajstić information content (AvgIpc) is 3.37. The van der Waals surface area contributed by atoms with Crippen LogP contribution in [-0.2, 0) is 17.8 Å². The highest BCUT2D eigenvalue weighted by Gasteiger charge is 2.18. The number of benzene rings is 2. The van der Waals surface area contributed by atoms with Crippen LogP contribution in [0.25, 0.3) is 33.7 Å².